The topological polar surface area (TPSA) is 50.5 Å². The molecule has 0 spiro atoms. The van der Waals surface area contributed by atoms with E-state index in [1.165, 1.54) is 18.2 Å². The number of aromatic nitrogens is 3. The van der Waals surface area contributed by atoms with Crippen LogP contribution in [0, 0.1) is 6.92 Å². The molecule has 6 heteroatoms. The standard InChI is InChI=1S/C20H24N4OS/c1-13-11-16-9-4-5-10-17(16)24-19(13)21-22-20(24)26-12-18(25)23-14(2)7-6-8-15(23)3/h4-5,9-11,14-15H,6-8,12H2,1-3H3. The number of nitrogens with zero attached hydrogens (tertiary/aromatic N) is 4. The molecule has 3 heterocycles. The second kappa shape index (κ2) is 6.91. The van der Waals surface area contributed by atoms with Gasteiger partial charge in [-0.2, -0.15) is 0 Å². The van der Waals surface area contributed by atoms with Crippen LogP contribution in [0.3, 0.4) is 0 Å². The van der Waals surface area contributed by atoms with Gasteiger partial charge >= 0.3 is 0 Å². The lowest BCUT2D eigenvalue weighted by atomic mass is 9.98. The van der Waals surface area contributed by atoms with Crippen LogP contribution in [0.5, 0.6) is 0 Å². The number of para-hydroxylation sites is 1. The summed E-state index contributed by atoms with van der Waals surface area (Å²) in [6.45, 7) is 6.36. The maximum atomic E-state index is 12.8. The van der Waals surface area contributed by atoms with Crippen LogP contribution in [-0.4, -0.2) is 43.2 Å². The molecule has 0 radical (unpaired) electrons. The van der Waals surface area contributed by atoms with Crippen molar-refractivity contribution in [3.63, 3.8) is 0 Å². The molecule has 2 atom stereocenters. The smallest absolute Gasteiger partial charge is 0.233 e. The van der Waals surface area contributed by atoms with Gasteiger partial charge in [-0.1, -0.05) is 30.0 Å². The molecule has 2 unspecified atom stereocenters. The third-order valence-electron chi connectivity index (χ3n) is 5.34. The van der Waals surface area contributed by atoms with E-state index >= 15 is 0 Å². The summed E-state index contributed by atoms with van der Waals surface area (Å²) in [5.41, 5.74) is 3.03. The third-order valence-corrected chi connectivity index (χ3v) is 6.26. The Morgan fingerprint density at radius 2 is 1.92 bits per heavy atom. The largest absolute Gasteiger partial charge is 0.337 e. The van der Waals surface area contributed by atoms with Gasteiger partial charge in [0.1, 0.15) is 0 Å². The van der Waals surface area contributed by atoms with Crippen LogP contribution in [0.15, 0.2) is 35.5 Å². The SMILES string of the molecule is Cc1cc2ccccc2n2c(SCC(=O)N3C(C)CCCC3C)nnc12. The monoisotopic (exact) mass is 368 g/mol. The molecule has 1 saturated heterocycles. The van der Waals surface area contributed by atoms with Gasteiger partial charge in [0, 0.05) is 12.1 Å². The Kier molecular flexibility index (Phi) is 4.61. The molecule has 1 aromatic carbocycles. The summed E-state index contributed by atoms with van der Waals surface area (Å²) in [5.74, 6) is 0.598. The van der Waals surface area contributed by atoms with Crippen LogP contribution in [-0.2, 0) is 4.79 Å². The summed E-state index contributed by atoms with van der Waals surface area (Å²) in [6.07, 6.45) is 3.40. The van der Waals surface area contributed by atoms with E-state index in [1.54, 1.807) is 0 Å². The van der Waals surface area contributed by atoms with Gasteiger partial charge in [0.25, 0.3) is 0 Å². The molecular formula is C20H24N4OS. The number of rotatable bonds is 3. The normalized spacial score (nSPS) is 20.8. The van der Waals surface area contributed by atoms with Crippen molar-refractivity contribution < 1.29 is 4.79 Å². The summed E-state index contributed by atoms with van der Waals surface area (Å²) in [4.78, 5) is 14.9. The van der Waals surface area contributed by atoms with Gasteiger partial charge in [-0.25, -0.2) is 0 Å². The summed E-state index contributed by atoms with van der Waals surface area (Å²) in [5, 5.41) is 10.7. The quantitative estimate of drug-likeness (QED) is 0.654. The molecule has 1 amide bonds. The van der Waals surface area contributed by atoms with Gasteiger partial charge in [0.05, 0.1) is 11.3 Å². The van der Waals surface area contributed by atoms with E-state index in [-0.39, 0.29) is 5.91 Å². The fourth-order valence-corrected chi connectivity index (χ4v) is 4.87. The van der Waals surface area contributed by atoms with E-state index in [9.17, 15) is 4.79 Å². The van der Waals surface area contributed by atoms with Crippen molar-refractivity contribution >= 4 is 34.2 Å². The first kappa shape index (κ1) is 17.3. The van der Waals surface area contributed by atoms with E-state index in [2.05, 4.69) is 51.5 Å². The average Bonchev–Trinajstić information content (AvgIpc) is 3.05. The number of benzene rings is 1. The predicted octanol–water partition coefficient (Wildman–Crippen LogP) is 4.07. The van der Waals surface area contributed by atoms with Crippen molar-refractivity contribution in [1.82, 2.24) is 19.5 Å². The van der Waals surface area contributed by atoms with Gasteiger partial charge in [0.2, 0.25) is 5.91 Å². The van der Waals surface area contributed by atoms with Gasteiger partial charge < -0.3 is 4.90 Å². The summed E-state index contributed by atoms with van der Waals surface area (Å²) < 4.78 is 2.08. The molecule has 136 valence electrons. The molecule has 4 rings (SSSR count). The zero-order valence-electron chi connectivity index (χ0n) is 15.5. The lowest BCUT2D eigenvalue weighted by Crippen LogP contribution is -2.48. The first-order chi connectivity index (χ1) is 12.6. The number of carbonyl (C=O) groups excluding carboxylic acids is 1. The Morgan fingerprint density at radius 3 is 2.69 bits per heavy atom. The van der Waals surface area contributed by atoms with E-state index in [0.29, 0.717) is 17.8 Å². The molecule has 1 aliphatic heterocycles. The number of likely N-dealkylation sites (tertiary alicyclic amines) is 1. The Hall–Kier alpha value is -2.08. The summed E-state index contributed by atoms with van der Waals surface area (Å²) in [6, 6.07) is 11.0. The van der Waals surface area contributed by atoms with Crippen molar-refractivity contribution in [3.8, 4) is 0 Å². The van der Waals surface area contributed by atoms with Crippen molar-refractivity contribution in [2.45, 2.75) is 57.3 Å². The van der Waals surface area contributed by atoms with E-state index in [0.717, 1.165) is 40.1 Å². The van der Waals surface area contributed by atoms with Crippen molar-refractivity contribution in [2.24, 2.45) is 0 Å². The maximum absolute atomic E-state index is 12.8. The Bertz CT molecular complexity index is 957. The van der Waals surface area contributed by atoms with Gasteiger partial charge in [-0.3, -0.25) is 9.20 Å². The van der Waals surface area contributed by atoms with Crippen molar-refractivity contribution in [1.29, 1.82) is 0 Å². The summed E-state index contributed by atoms with van der Waals surface area (Å²) in [7, 11) is 0. The van der Waals surface area contributed by atoms with Crippen LogP contribution in [0.1, 0.15) is 38.7 Å². The first-order valence-electron chi connectivity index (χ1n) is 9.23. The number of fused-ring (bicyclic) bond motifs is 3. The molecular weight excluding hydrogens is 344 g/mol. The second-order valence-corrected chi connectivity index (χ2v) is 8.19. The Labute approximate surface area is 157 Å². The van der Waals surface area contributed by atoms with Crippen LogP contribution in [0.4, 0.5) is 0 Å². The van der Waals surface area contributed by atoms with Crippen LogP contribution in [0.2, 0.25) is 0 Å². The molecule has 26 heavy (non-hydrogen) atoms. The van der Waals surface area contributed by atoms with E-state index < -0.39 is 0 Å². The van der Waals surface area contributed by atoms with E-state index in [4.69, 9.17) is 0 Å². The number of hydrogen-bond donors (Lipinski definition) is 0. The summed E-state index contributed by atoms with van der Waals surface area (Å²) >= 11 is 1.48. The second-order valence-electron chi connectivity index (χ2n) is 7.25. The molecule has 2 aromatic heterocycles. The molecule has 0 aliphatic carbocycles. The van der Waals surface area contributed by atoms with Gasteiger partial charge in [-0.05, 0) is 63.1 Å². The molecule has 0 bridgehead atoms. The zero-order valence-corrected chi connectivity index (χ0v) is 16.3. The number of thioether (sulfide) groups is 1. The van der Waals surface area contributed by atoms with Gasteiger partial charge in [-0.15, -0.1) is 10.2 Å². The number of amides is 1. The molecule has 0 N–H and O–H groups in total. The first-order valence-corrected chi connectivity index (χ1v) is 10.2. The average molecular weight is 369 g/mol. The zero-order chi connectivity index (χ0) is 18.3. The highest BCUT2D eigenvalue weighted by Gasteiger charge is 2.29. The Morgan fingerprint density at radius 1 is 1.19 bits per heavy atom. The maximum Gasteiger partial charge on any atom is 0.233 e. The molecule has 5 nitrogen and oxygen atoms in total. The molecule has 0 saturated carbocycles. The highest BCUT2D eigenvalue weighted by molar-refractivity contribution is 7.99. The number of hydrogen-bond acceptors (Lipinski definition) is 4. The van der Waals surface area contributed by atoms with Crippen LogP contribution >= 0.6 is 11.8 Å². The molecule has 1 fully saturated rings. The van der Waals surface area contributed by atoms with E-state index in [1.807, 2.05) is 19.1 Å². The van der Waals surface area contributed by atoms with Gasteiger partial charge in [0.15, 0.2) is 10.8 Å². The number of carbonyl (C=O) groups is 1. The van der Waals surface area contributed by atoms with Crippen LogP contribution in [0.25, 0.3) is 16.6 Å². The van der Waals surface area contributed by atoms with Crippen LogP contribution < -0.4 is 0 Å². The third kappa shape index (κ3) is 2.96. The Balaban J connectivity index is 1.63. The minimum absolute atomic E-state index is 0.198. The molecule has 3 aromatic rings. The fourth-order valence-electron chi connectivity index (χ4n) is 4.06. The minimum atomic E-state index is 0.198. The fraction of sp³-hybridized carbons (Fsp3) is 0.450. The lowest BCUT2D eigenvalue weighted by molar-refractivity contribution is -0.134. The van der Waals surface area contributed by atoms with Crippen molar-refractivity contribution in [3.05, 3.63) is 35.9 Å². The minimum Gasteiger partial charge on any atom is -0.337 e. The lowest BCUT2D eigenvalue weighted by Gasteiger charge is -2.39. The number of piperidine rings is 1. The predicted molar refractivity (Wildman–Crippen MR) is 106 cm³/mol. The molecule has 1 aliphatic rings. The highest BCUT2D eigenvalue weighted by atomic mass is 32.2. The number of pyridine rings is 1. The highest BCUT2D eigenvalue weighted by Crippen LogP contribution is 2.27. The van der Waals surface area contributed by atoms with Crippen molar-refractivity contribution in [2.75, 3.05) is 5.75 Å². The number of aryl methyl sites for hydroxylation is 1.